The molecule has 66 valence electrons. The molecule has 0 amide bonds. The molecule has 0 aromatic rings. The monoisotopic (exact) mass is 159 g/mol. The molecule has 0 fully saturated rings. The first-order valence-electron chi connectivity index (χ1n) is 3.97. The standard InChI is InChI=1S/C8H17NO2/c1-6(2)9-5-7(3)4-8(10)11/h6-7,9H,4-5H2,1-3H3,(H,10,11). The molecule has 0 spiro atoms. The average molecular weight is 159 g/mol. The largest absolute Gasteiger partial charge is 0.481 e. The van der Waals surface area contributed by atoms with Crippen LogP contribution in [-0.4, -0.2) is 23.7 Å². The predicted octanol–water partition coefficient (Wildman–Crippen LogP) is 1.10. The minimum atomic E-state index is -0.719. The van der Waals surface area contributed by atoms with Crippen molar-refractivity contribution in [2.75, 3.05) is 6.54 Å². The molecule has 0 bridgehead atoms. The first-order chi connectivity index (χ1) is 5.02. The van der Waals surface area contributed by atoms with Crippen LogP contribution in [0.3, 0.4) is 0 Å². The Morgan fingerprint density at radius 3 is 2.36 bits per heavy atom. The van der Waals surface area contributed by atoms with Gasteiger partial charge in [0.1, 0.15) is 0 Å². The number of carbonyl (C=O) groups is 1. The highest BCUT2D eigenvalue weighted by atomic mass is 16.4. The second kappa shape index (κ2) is 5.13. The zero-order valence-electron chi connectivity index (χ0n) is 7.42. The van der Waals surface area contributed by atoms with Gasteiger partial charge in [0, 0.05) is 12.5 Å². The van der Waals surface area contributed by atoms with Crippen molar-refractivity contribution in [2.45, 2.75) is 33.2 Å². The Balaban J connectivity index is 3.37. The van der Waals surface area contributed by atoms with Crippen molar-refractivity contribution in [3.63, 3.8) is 0 Å². The Bertz CT molecular complexity index is 123. The molecule has 0 radical (unpaired) electrons. The van der Waals surface area contributed by atoms with Crippen LogP contribution in [0.1, 0.15) is 27.2 Å². The number of hydrogen-bond donors (Lipinski definition) is 2. The molecule has 11 heavy (non-hydrogen) atoms. The van der Waals surface area contributed by atoms with Gasteiger partial charge in [-0.15, -0.1) is 0 Å². The number of carboxylic acids is 1. The molecule has 3 nitrogen and oxygen atoms in total. The van der Waals surface area contributed by atoms with Gasteiger partial charge in [-0.3, -0.25) is 4.79 Å². The van der Waals surface area contributed by atoms with E-state index >= 15 is 0 Å². The lowest BCUT2D eigenvalue weighted by atomic mass is 10.1. The molecule has 0 saturated carbocycles. The Hall–Kier alpha value is -0.570. The molecular weight excluding hydrogens is 142 g/mol. The fraction of sp³-hybridized carbons (Fsp3) is 0.875. The lowest BCUT2D eigenvalue weighted by Crippen LogP contribution is -2.28. The molecule has 0 aliphatic carbocycles. The maximum absolute atomic E-state index is 10.2. The topological polar surface area (TPSA) is 49.3 Å². The third kappa shape index (κ3) is 7.33. The minimum absolute atomic E-state index is 0.217. The van der Waals surface area contributed by atoms with Crippen molar-refractivity contribution in [3.05, 3.63) is 0 Å². The van der Waals surface area contributed by atoms with Crippen LogP contribution in [0.15, 0.2) is 0 Å². The van der Waals surface area contributed by atoms with Gasteiger partial charge in [0.2, 0.25) is 0 Å². The molecule has 0 aromatic carbocycles. The van der Waals surface area contributed by atoms with Gasteiger partial charge in [-0.05, 0) is 12.5 Å². The van der Waals surface area contributed by atoms with Gasteiger partial charge in [-0.2, -0.15) is 0 Å². The SMILES string of the molecule is CC(CNC(C)C)CC(=O)O. The normalized spacial score (nSPS) is 13.5. The first kappa shape index (κ1) is 10.4. The van der Waals surface area contributed by atoms with Crippen molar-refractivity contribution in [3.8, 4) is 0 Å². The van der Waals surface area contributed by atoms with Crippen LogP contribution < -0.4 is 5.32 Å². The van der Waals surface area contributed by atoms with Gasteiger partial charge in [-0.25, -0.2) is 0 Å². The molecule has 1 atom stereocenters. The fourth-order valence-electron chi connectivity index (χ4n) is 0.807. The van der Waals surface area contributed by atoms with Gasteiger partial charge < -0.3 is 10.4 Å². The fourth-order valence-corrected chi connectivity index (χ4v) is 0.807. The number of carboxylic acid groups (broad SMARTS) is 1. The van der Waals surface area contributed by atoms with E-state index in [0.29, 0.717) is 6.04 Å². The summed E-state index contributed by atoms with van der Waals surface area (Å²) in [4.78, 5) is 10.2. The van der Waals surface area contributed by atoms with E-state index in [2.05, 4.69) is 5.32 Å². The number of rotatable bonds is 5. The maximum Gasteiger partial charge on any atom is 0.303 e. The van der Waals surface area contributed by atoms with Crippen LogP contribution in [0.5, 0.6) is 0 Å². The number of aliphatic carboxylic acids is 1. The lowest BCUT2D eigenvalue weighted by Gasteiger charge is -2.12. The maximum atomic E-state index is 10.2. The van der Waals surface area contributed by atoms with Crippen LogP contribution in [0.2, 0.25) is 0 Å². The Kier molecular flexibility index (Phi) is 4.86. The number of hydrogen-bond acceptors (Lipinski definition) is 2. The molecule has 3 heteroatoms. The summed E-state index contributed by atoms with van der Waals surface area (Å²) in [6, 6.07) is 0.436. The summed E-state index contributed by atoms with van der Waals surface area (Å²) in [6.45, 7) is 6.81. The van der Waals surface area contributed by atoms with Crippen LogP contribution in [0, 0.1) is 5.92 Å². The quantitative estimate of drug-likeness (QED) is 0.631. The average Bonchev–Trinajstić information content (AvgIpc) is 1.82. The van der Waals surface area contributed by atoms with Crippen LogP contribution in [0.25, 0.3) is 0 Å². The van der Waals surface area contributed by atoms with E-state index in [4.69, 9.17) is 5.11 Å². The van der Waals surface area contributed by atoms with Crippen molar-refractivity contribution >= 4 is 5.97 Å². The van der Waals surface area contributed by atoms with Gasteiger partial charge in [0.05, 0.1) is 0 Å². The van der Waals surface area contributed by atoms with E-state index in [1.807, 2.05) is 20.8 Å². The predicted molar refractivity (Wildman–Crippen MR) is 44.6 cm³/mol. The second-order valence-electron chi connectivity index (χ2n) is 3.27. The summed E-state index contributed by atoms with van der Waals surface area (Å²) in [6.07, 6.45) is 0.250. The molecule has 2 N–H and O–H groups in total. The first-order valence-corrected chi connectivity index (χ1v) is 3.97. The highest BCUT2D eigenvalue weighted by Crippen LogP contribution is 1.99. The van der Waals surface area contributed by atoms with Crippen LogP contribution in [0.4, 0.5) is 0 Å². The zero-order chi connectivity index (χ0) is 8.85. The summed E-state index contributed by atoms with van der Waals surface area (Å²) < 4.78 is 0. The van der Waals surface area contributed by atoms with Crippen molar-refractivity contribution in [2.24, 2.45) is 5.92 Å². The molecule has 0 aliphatic heterocycles. The molecule has 0 heterocycles. The van der Waals surface area contributed by atoms with E-state index in [9.17, 15) is 4.79 Å². The highest BCUT2D eigenvalue weighted by molar-refractivity contribution is 5.66. The van der Waals surface area contributed by atoms with Crippen molar-refractivity contribution < 1.29 is 9.90 Å². The Morgan fingerprint density at radius 2 is 2.00 bits per heavy atom. The van der Waals surface area contributed by atoms with Crippen molar-refractivity contribution in [1.29, 1.82) is 0 Å². The highest BCUT2D eigenvalue weighted by Gasteiger charge is 2.06. The third-order valence-electron chi connectivity index (χ3n) is 1.40. The van der Waals surface area contributed by atoms with Gasteiger partial charge >= 0.3 is 5.97 Å². The zero-order valence-corrected chi connectivity index (χ0v) is 7.42. The summed E-state index contributed by atoms with van der Waals surface area (Å²) in [5.41, 5.74) is 0. The molecule has 0 rings (SSSR count). The van der Waals surface area contributed by atoms with Gasteiger partial charge in [-0.1, -0.05) is 20.8 Å². The van der Waals surface area contributed by atoms with E-state index in [1.165, 1.54) is 0 Å². The second-order valence-corrected chi connectivity index (χ2v) is 3.27. The Labute approximate surface area is 67.8 Å². The third-order valence-corrected chi connectivity index (χ3v) is 1.40. The molecule has 1 unspecified atom stereocenters. The summed E-state index contributed by atoms with van der Waals surface area (Å²) in [5.74, 6) is -0.502. The Morgan fingerprint density at radius 1 is 1.45 bits per heavy atom. The number of nitrogens with one attached hydrogen (secondary N) is 1. The molecule has 0 aliphatic rings. The lowest BCUT2D eigenvalue weighted by molar-refractivity contribution is -0.137. The van der Waals surface area contributed by atoms with E-state index in [1.54, 1.807) is 0 Å². The minimum Gasteiger partial charge on any atom is -0.481 e. The summed E-state index contributed by atoms with van der Waals surface area (Å²) in [7, 11) is 0. The smallest absolute Gasteiger partial charge is 0.303 e. The van der Waals surface area contributed by atoms with Crippen molar-refractivity contribution in [1.82, 2.24) is 5.32 Å². The van der Waals surface area contributed by atoms with E-state index in [0.717, 1.165) is 6.54 Å². The van der Waals surface area contributed by atoms with E-state index < -0.39 is 5.97 Å². The molecule has 0 aromatic heterocycles. The van der Waals surface area contributed by atoms with E-state index in [-0.39, 0.29) is 12.3 Å². The molecule has 0 saturated heterocycles. The van der Waals surface area contributed by atoms with Crippen LogP contribution >= 0.6 is 0 Å². The molecular formula is C8H17NO2. The summed E-state index contributed by atoms with van der Waals surface area (Å²) >= 11 is 0. The summed E-state index contributed by atoms with van der Waals surface area (Å²) in [5, 5.41) is 11.6. The van der Waals surface area contributed by atoms with Crippen LogP contribution in [-0.2, 0) is 4.79 Å². The van der Waals surface area contributed by atoms with Gasteiger partial charge in [0.15, 0.2) is 0 Å². The van der Waals surface area contributed by atoms with Gasteiger partial charge in [0.25, 0.3) is 0 Å².